The molecule has 114 valence electrons. The van der Waals surface area contributed by atoms with Crippen LogP contribution in [0.1, 0.15) is 11.1 Å². The molecule has 0 N–H and O–H groups in total. The number of hydrogen-bond donors (Lipinski definition) is 0. The van der Waals surface area contributed by atoms with Crippen LogP contribution in [0.2, 0.25) is 0 Å². The molecule has 0 spiro atoms. The molecule has 0 heterocycles. The minimum Gasteiger partial charge on any atom is -0.497 e. The van der Waals surface area contributed by atoms with E-state index in [1.807, 2.05) is 42.5 Å². The highest BCUT2D eigenvalue weighted by molar-refractivity contribution is 6.21. The molecule has 2 aromatic rings. The Kier molecular flexibility index (Phi) is 5.20. The van der Waals surface area contributed by atoms with Crippen LogP contribution in [0.25, 0.3) is 11.6 Å². The Labute approximate surface area is 129 Å². The lowest BCUT2D eigenvalue weighted by Crippen LogP contribution is -2.04. The molecule has 4 heteroatoms. The summed E-state index contributed by atoms with van der Waals surface area (Å²) in [5, 5.41) is 0. The van der Waals surface area contributed by atoms with Crippen LogP contribution in [-0.4, -0.2) is 27.3 Å². The second-order valence-electron chi connectivity index (χ2n) is 4.52. The molecule has 0 unspecified atom stereocenters. The Hall–Kier alpha value is -2.75. The number of carbonyl (C=O) groups excluding carboxylic acids is 1. The Morgan fingerprint density at radius 1 is 0.955 bits per heavy atom. The summed E-state index contributed by atoms with van der Waals surface area (Å²) in [5.74, 6) is 0.911. The van der Waals surface area contributed by atoms with Crippen molar-refractivity contribution >= 4 is 17.6 Å². The number of rotatable bonds is 5. The van der Waals surface area contributed by atoms with Gasteiger partial charge in [0.25, 0.3) is 0 Å². The van der Waals surface area contributed by atoms with Crippen LogP contribution in [0, 0.1) is 0 Å². The number of carbonyl (C=O) groups is 1. The van der Waals surface area contributed by atoms with Crippen LogP contribution in [-0.2, 0) is 9.53 Å². The maximum absolute atomic E-state index is 12.1. The van der Waals surface area contributed by atoms with Crippen LogP contribution in [0.3, 0.4) is 0 Å². The largest absolute Gasteiger partial charge is 0.497 e. The normalized spacial score (nSPS) is 11.0. The Morgan fingerprint density at radius 2 is 1.68 bits per heavy atom. The maximum atomic E-state index is 12.1. The zero-order chi connectivity index (χ0) is 15.9. The van der Waals surface area contributed by atoms with E-state index in [1.165, 1.54) is 7.11 Å². The first-order valence-electron chi connectivity index (χ1n) is 6.77. The summed E-state index contributed by atoms with van der Waals surface area (Å²) in [4.78, 5) is 12.1. The van der Waals surface area contributed by atoms with Gasteiger partial charge >= 0.3 is 5.97 Å². The van der Waals surface area contributed by atoms with Gasteiger partial charge in [-0.1, -0.05) is 30.3 Å². The van der Waals surface area contributed by atoms with Crippen molar-refractivity contribution in [1.82, 2.24) is 0 Å². The first-order chi connectivity index (χ1) is 10.7. The minimum absolute atomic E-state index is 0.399. The highest BCUT2D eigenvalue weighted by atomic mass is 16.5. The third-order valence-corrected chi connectivity index (χ3v) is 3.23. The van der Waals surface area contributed by atoms with Crippen molar-refractivity contribution in [2.24, 2.45) is 0 Å². The molecule has 4 nitrogen and oxygen atoms in total. The van der Waals surface area contributed by atoms with Gasteiger partial charge in [0, 0.05) is 11.6 Å². The van der Waals surface area contributed by atoms with Gasteiger partial charge in [0.2, 0.25) is 0 Å². The highest BCUT2D eigenvalue weighted by Crippen LogP contribution is 2.29. The standard InChI is InChI=1S/C18H18O4/c1-20-15-10-9-14(17(12-15)21-2)11-16(18(19)22-3)13-7-5-4-6-8-13/h4-12H,1-3H3/b16-11-. The molecule has 2 rings (SSSR count). The number of esters is 1. The zero-order valence-corrected chi connectivity index (χ0v) is 12.8. The Morgan fingerprint density at radius 3 is 2.27 bits per heavy atom. The molecule has 0 aromatic heterocycles. The van der Waals surface area contributed by atoms with E-state index in [9.17, 15) is 4.79 Å². The van der Waals surface area contributed by atoms with Gasteiger partial charge in [-0.2, -0.15) is 0 Å². The van der Waals surface area contributed by atoms with E-state index in [-0.39, 0.29) is 0 Å². The molecular weight excluding hydrogens is 280 g/mol. The molecule has 0 atom stereocenters. The molecule has 0 aliphatic rings. The van der Waals surface area contributed by atoms with Gasteiger partial charge in [0.05, 0.1) is 26.9 Å². The van der Waals surface area contributed by atoms with Crippen molar-refractivity contribution in [3.63, 3.8) is 0 Å². The molecule has 0 fully saturated rings. The number of benzene rings is 2. The van der Waals surface area contributed by atoms with Crippen molar-refractivity contribution in [3.05, 3.63) is 59.7 Å². The smallest absolute Gasteiger partial charge is 0.338 e. The minimum atomic E-state index is -0.399. The predicted molar refractivity (Wildman–Crippen MR) is 85.9 cm³/mol. The fourth-order valence-electron chi connectivity index (χ4n) is 2.08. The van der Waals surface area contributed by atoms with E-state index in [4.69, 9.17) is 14.2 Å². The summed E-state index contributed by atoms with van der Waals surface area (Å²) in [7, 11) is 4.53. The molecule has 2 aromatic carbocycles. The SMILES string of the molecule is COC(=O)/C(=C\c1ccc(OC)cc1OC)c1ccccc1. The lowest BCUT2D eigenvalue weighted by Gasteiger charge is -2.10. The van der Waals surface area contributed by atoms with Gasteiger partial charge in [-0.25, -0.2) is 4.79 Å². The molecule has 0 saturated heterocycles. The molecule has 0 bridgehead atoms. The molecule has 0 saturated carbocycles. The lowest BCUT2D eigenvalue weighted by molar-refractivity contribution is -0.133. The van der Waals surface area contributed by atoms with E-state index in [2.05, 4.69) is 0 Å². The third-order valence-electron chi connectivity index (χ3n) is 3.23. The van der Waals surface area contributed by atoms with Crippen LogP contribution >= 0.6 is 0 Å². The summed E-state index contributed by atoms with van der Waals surface area (Å²) >= 11 is 0. The summed E-state index contributed by atoms with van der Waals surface area (Å²) in [6.45, 7) is 0. The second-order valence-corrected chi connectivity index (χ2v) is 4.52. The van der Waals surface area contributed by atoms with Crippen LogP contribution < -0.4 is 9.47 Å². The van der Waals surface area contributed by atoms with Gasteiger partial charge in [-0.3, -0.25) is 0 Å². The quantitative estimate of drug-likeness (QED) is 0.482. The molecule has 0 radical (unpaired) electrons. The Balaban J connectivity index is 2.52. The first kappa shape index (κ1) is 15.6. The van der Waals surface area contributed by atoms with E-state index >= 15 is 0 Å². The van der Waals surface area contributed by atoms with E-state index < -0.39 is 5.97 Å². The van der Waals surface area contributed by atoms with Gasteiger partial charge < -0.3 is 14.2 Å². The zero-order valence-electron chi connectivity index (χ0n) is 12.8. The van der Waals surface area contributed by atoms with Gasteiger partial charge in [-0.05, 0) is 23.8 Å². The van der Waals surface area contributed by atoms with E-state index in [0.29, 0.717) is 17.1 Å². The van der Waals surface area contributed by atoms with Crippen molar-refractivity contribution in [2.45, 2.75) is 0 Å². The van der Waals surface area contributed by atoms with Crippen molar-refractivity contribution < 1.29 is 19.0 Å². The summed E-state index contributed by atoms with van der Waals surface area (Å²) in [6.07, 6.45) is 1.75. The lowest BCUT2D eigenvalue weighted by atomic mass is 10.0. The van der Waals surface area contributed by atoms with Crippen molar-refractivity contribution in [3.8, 4) is 11.5 Å². The van der Waals surface area contributed by atoms with Crippen LogP contribution in [0.15, 0.2) is 48.5 Å². The molecule has 0 amide bonds. The predicted octanol–water partition coefficient (Wildman–Crippen LogP) is 3.42. The number of ether oxygens (including phenoxy) is 3. The number of hydrogen-bond acceptors (Lipinski definition) is 4. The fourth-order valence-corrected chi connectivity index (χ4v) is 2.08. The summed E-state index contributed by atoms with van der Waals surface area (Å²) < 4.78 is 15.4. The topological polar surface area (TPSA) is 44.8 Å². The van der Waals surface area contributed by atoms with Crippen LogP contribution in [0.4, 0.5) is 0 Å². The summed E-state index contributed by atoms with van der Waals surface area (Å²) in [6, 6.07) is 14.8. The monoisotopic (exact) mass is 298 g/mol. The Bertz CT molecular complexity index is 675. The van der Waals surface area contributed by atoms with Gasteiger partial charge in [-0.15, -0.1) is 0 Å². The van der Waals surface area contributed by atoms with Crippen molar-refractivity contribution in [1.29, 1.82) is 0 Å². The fraction of sp³-hybridized carbons (Fsp3) is 0.167. The third kappa shape index (κ3) is 3.47. The van der Waals surface area contributed by atoms with Gasteiger partial charge in [0.15, 0.2) is 0 Å². The van der Waals surface area contributed by atoms with Crippen molar-refractivity contribution in [2.75, 3.05) is 21.3 Å². The molecular formula is C18H18O4. The molecule has 0 aliphatic heterocycles. The number of methoxy groups -OCH3 is 3. The highest BCUT2D eigenvalue weighted by Gasteiger charge is 2.14. The molecule has 0 aliphatic carbocycles. The molecule has 22 heavy (non-hydrogen) atoms. The first-order valence-corrected chi connectivity index (χ1v) is 6.77. The van der Waals surface area contributed by atoms with Gasteiger partial charge in [0.1, 0.15) is 11.5 Å². The van der Waals surface area contributed by atoms with E-state index in [1.54, 1.807) is 26.4 Å². The van der Waals surface area contributed by atoms with Crippen LogP contribution in [0.5, 0.6) is 11.5 Å². The maximum Gasteiger partial charge on any atom is 0.338 e. The second kappa shape index (κ2) is 7.31. The average Bonchev–Trinajstić information content (AvgIpc) is 2.59. The van der Waals surface area contributed by atoms with E-state index in [0.717, 1.165) is 11.1 Å². The average molecular weight is 298 g/mol. The summed E-state index contributed by atoms with van der Waals surface area (Å²) in [5.41, 5.74) is 2.02.